The van der Waals surface area contributed by atoms with Crippen LogP contribution in [0.4, 0.5) is 5.69 Å². The summed E-state index contributed by atoms with van der Waals surface area (Å²) in [7, 11) is 0. The van der Waals surface area contributed by atoms with Crippen LogP contribution in [0, 0.1) is 0 Å². The van der Waals surface area contributed by atoms with Crippen molar-refractivity contribution in [2.75, 3.05) is 5.32 Å². The lowest BCUT2D eigenvalue weighted by Gasteiger charge is -2.13. The number of aromatic nitrogens is 3. The van der Waals surface area contributed by atoms with Crippen molar-refractivity contribution in [3.8, 4) is 11.3 Å². The summed E-state index contributed by atoms with van der Waals surface area (Å²) in [6.07, 6.45) is 5.43. The number of rotatable bonds is 4. The van der Waals surface area contributed by atoms with E-state index < -0.39 is 11.8 Å². The van der Waals surface area contributed by atoms with Crippen molar-refractivity contribution in [3.05, 3.63) is 71.1 Å². The van der Waals surface area contributed by atoms with Crippen LogP contribution in [0.5, 0.6) is 0 Å². The topological polar surface area (TPSA) is 82.1 Å². The van der Waals surface area contributed by atoms with Gasteiger partial charge in [-0.1, -0.05) is 24.3 Å². The van der Waals surface area contributed by atoms with Gasteiger partial charge in [0.05, 0.1) is 11.2 Å². The average molecular weight is 402 g/mol. The smallest absolute Gasteiger partial charge is 0.408 e. The van der Waals surface area contributed by atoms with Crippen molar-refractivity contribution < 1.29 is 9.21 Å². The highest BCUT2D eigenvalue weighted by atomic mass is 16.4. The van der Waals surface area contributed by atoms with Crippen molar-refractivity contribution >= 4 is 22.7 Å². The van der Waals surface area contributed by atoms with E-state index in [0.717, 1.165) is 30.0 Å². The molecule has 0 saturated heterocycles. The van der Waals surface area contributed by atoms with Gasteiger partial charge in [-0.2, -0.15) is 0 Å². The zero-order valence-corrected chi connectivity index (χ0v) is 16.7. The minimum Gasteiger partial charge on any atom is -0.408 e. The second-order valence-corrected chi connectivity index (χ2v) is 7.64. The van der Waals surface area contributed by atoms with Gasteiger partial charge < -0.3 is 14.3 Å². The summed E-state index contributed by atoms with van der Waals surface area (Å²) in [5.41, 5.74) is 3.59. The zero-order chi connectivity index (χ0) is 20.7. The van der Waals surface area contributed by atoms with Gasteiger partial charge >= 0.3 is 5.76 Å². The van der Waals surface area contributed by atoms with Crippen LogP contribution in [0.15, 0.2) is 63.9 Å². The lowest BCUT2D eigenvalue weighted by atomic mass is 10.1. The number of aryl methyl sites for hydroxylation is 2. The highest BCUT2D eigenvalue weighted by Gasteiger charge is 2.21. The van der Waals surface area contributed by atoms with Gasteiger partial charge in [0.1, 0.15) is 11.9 Å². The van der Waals surface area contributed by atoms with E-state index in [4.69, 9.17) is 9.40 Å². The summed E-state index contributed by atoms with van der Waals surface area (Å²) in [4.78, 5) is 29.9. The van der Waals surface area contributed by atoms with Crippen molar-refractivity contribution in [3.63, 3.8) is 0 Å². The van der Waals surface area contributed by atoms with Crippen LogP contribution >= 0.6 is 0 Å². The molecule has 1 aliphatic rings. The van der Waals surface area contributed by atoms with E-state index >= 15 is 0 Å². The van der Waals surface area contributed by atoms with E-state index in [9.17, 15) is 9.59 Å². The first-order valence-corrected chi connectivity index (χ1v) is 10.2. The van der Waals surface area contributed by atoms with Crippen LogP contribution in [0.2, 0.25) is 0 Å². The first kappa shape index (κ1) is 18.4. The van der Waals surface area contributed by atoms with Gasteiger partial charge in [0, 0.05) is 30.4 Å². The first-order chi connectivity index (χ1) is 14.6. The maximum atomic E-state index is 12.9. The quantitative estimate of drug-likeness (QED) is 0.559. The summed E-state index contributed by atoms with van der Waals surface area (Å²) in [6.45, 7) is 2.69. The van der Waals surface area contributed by atoms with Crippen LogP contribution < -0.4 is 11.1 Å². The molecule has 4 aromatic rings. The molecule has 1 amide bonds. The number of anilines is 1. The van der Waals surface area contributed by atoms with Crippen molar-refractivity contribution in [1.82, 2.24) is 14.1 Å². The Kier molecular flexibility index (Phi) is 4.50. The molecule has 2 aromatic carbocycles. The van der Waals surface area contributed by atoms with Crippen molar-refractivity contribution in [2.24, 2.45) is 0 Å². The molecule has 1 aliphatic heterocycles. The van der Waals surface area contributed by atoms with Crippen LogP contribution in [0.25, 0.3) is 22.4 Å². The molecule has 1 N–H and O–H groups in total. The average Bonchev–Trinajstić information content (AvgIpc) is 3.33. The normalized spacial score (nSPS) is 14.4. The fraction of sp³-hybridized carbons (Fsp3) is 0.261. The number of carbonyl (C=O) groups excluding carboxylic acids is 1. The molecule has 7 nitrogen and oxygen atoms in total. The standard InChI is InChI=1S/C23H22N4O3/c1-15(27-19-9-2-3-10-20(19)30-23(27)29)22(28)24-17-8-6-7-16(13-17)18-14-26-12-5-4-11-21(26)25-18/h2-3,6-10,13-15H,4-5,11-12H2,1H3,(H,24,28). The molecule has 7 heteroatoms. The van der Waals surface area contributed by atoms with Gasteiger partial charge in [-0.3, -0.25) is 9.36 Å². The molecule has 3 heterocycles. The number of nitrogens with zero attached hydrogens (tertiary/aromatic N) is 3. The van der Waals surface area contributed by atoms with E-state index in [1.165, 1.54) is 17.4 Å². The summed E-state index contributed by atoms with van der Waals surface area (Å²) in [5, 5.41) is 2.92. The number of para-hydroxylation sites is 2. The molecule has 0 saturated carbocycles. The highest BCUT2D eigenvalue weighted by Crippen LogP contribution is 2.25. The molecule has 152 valence electrons. The van der Waals surface area contributed by atoms with E-state index in [1.54, 1.807) is 25.1 Å². The number of oxazole rings is 1. The third kappa shape index (κ3) is 3.22. The van der Waals surface area contributed by atoms with E-state index in [1.807, 2.05) is 30.3 Å². The molecule has 0 aliphatic carbocycles. The summed E-state index contributed by atoms with van der Waals surface area (Å²) in [5.74, 6) is 0.284. The second-order valence-electron chi connectivity index (χ2n) is 7.64. The number of hydrogen-bond acceptors (Lipinski definition) is 4. The van der Waals surface area contributed by atoms with Gasteiger partial charge in [0.15, 0.2) is 5.58 Å². The number of carbonyl (C=O) groups is 1. The Bertz CT molecular complexity index is 1270. The number of imidazole rings is 1. The van der Waals surface area contributed by atoms with E-state index in [-0.39, 0.29) is 5.91 Å². The Morgan fingerprint density at radius 1 is 1.17 bits per heavy atom. The zero-order valence-electron chi connectivity index (χ0n) is 16.7. The molecular weight excluding hydrogens is 380 g/mol. The third-order valence-electron chi connectivity index (χ3n) is 5.62. The van der Waals surface area contributed by atoms with Gasteiger partial charge in [-0.05, 0) is 44.0 Å². The molecule has 0 spiro atoms. The molecule has 30 heavy (non-hydrogen) atoms. The van der Waals surface area contributed by atoms with Crippen LogP contribution in [-0.4, -0.2) is 20.0 Å². The molecule has 0 bridgehead atoms. The Labute approximate surface area is 173 Å². The van der Waals surface area contributed by atoms with E-state index in [0.29, 0.717) is 16.8 Å². The monoisotopic (exact) mass is 402 g/mol. The third-order valence-corrected chi connectivity index (χ3v) is 5.62. The Morgan fingerprint density at radius 3 is 2.90 bits per heavy atom. The SMILES string of the molecule is CC(C(=O)Nc1cccc(-c2cn3c(n2)CCCC3)c1)n1c(=O)oc2ccccc21. The van der Waals surface area contributed by atoms with Crippen molar-refractivity contribution in [1.29, 1.82) is 0 Å². The minimum atomic E-state index is -0.718. The van der Waals surface area contributed by atoms with Crippen LogP contribution in [-0.2, 0) is 17.8 Å². The minimum absolute atomic E-state index is 0.287. The summed E-state index contributed by atoms with van der Waals surface area (Å²) >= 11 is 0. The predicted octanol–water partition coefficient (Wildman–Crippen LogP) is 3.99. The van der Waals surface area contributed by atoms with Gasteiger partial charge in [-0.25, -0.2) is 9.78 Å². The number of benzene rings is 2. The van der Waals surface area contributed by atoms with Crippen LogP contribution in [0.3, 0.4) is 0 Å². The fourth-order valence-corrected chi connectivity index (χ4v) is 4.02. The predicted molar refractivity (Wildman–Crippen MR) is 114 cm³/mol. The largest absolute Gasteiger partial charge is 0.420 e. The van der Waals surface area contributed by atoms with Crippen LogP contribution in [0.1, 0.15) is 31.6 Å². The summed E-state index contributed by atoms with van der Waals surface area (Å²) < 4.78 is 8.84. The molecule has 1 atom stereocenters. The number of fused-ring (bicyclic) bond motifs is 2. The summed E-state index contributed by atoms with van der Waals surface area (Å²) in [6, 6.07) is 14.0. The maximum absolute atomic E-state index is 12.9. The van der Waals surface area contributed by atoms with Gasteiger partial charge in [0.25, 0.3) is 0 Å². The van der Waals surface area contributed by atoms with E-state index in [2.05, 4.69) is 16.1 Å². The first-order valence-electron chi connectivity index (χ1n) is 10.2. The Balaban J connectivity index is 1.40. The lowest BCUT2D eigenvalue weighted by Crippen LogP contribution is -2.29. The maximum Gasteiger partial charge on any atom is 0.420 e. The Hall–Kier alpha value is -3.61. The number of hydrogen-bond donors (Lipinski definition) is 1. The molecule has 0 fully saturated rings. The number of amides is 1. The molecule has 0 radical (unpaired) electrons. The fourth-order valence-electron chi connectivity index (χ4n) is 4.02. The molecular formula is C23H22N4O3. The number of nitrogens with one attached hydrogen (secondary N) is 1. The highest BCUT2D eigenvalue weighted by molar-refractivity contribution is 5.95. The molecule has 2 aromatic heterocycles. The van der Waals surface area contributed by atoms with Crippen molar-refractivity contribution in [2.45, 2.75) is 38.8 Å². The van der Waals surface area contributed by atoms with Gasteiger partial charge in [-0.15, -0.1) is 0 Å². The van der Waals surface area contributed by atoms with Gasteiger partial charge in [0.2, 0.25) is 5.91 Å². The molecule has 1 unspecified atom stereocenters. The Morgan fingerprint density at radius 2 is 2.03 bits per heavy atom. The lowest BCUT2D eigenvalue weighted by molar-refractivity contribution is -0.118. The molecule has 5 rings (SSSR count). The second kappa shape index (κ2) is 7.33.